The van der Waals surface area contributed by atoms with Crippen LogP contribution in [0.1, 0.15) is 0 Å². The Morgan fingerprint density at radius 1 is 1.50 bits per heavy atom. The van der Waals surface area contributed by atoms with Crippen molar-refractivity contribution in [2.45, 2.75) is 0 Å². The van der Waals surface area contributed by atoms with E-state index in [9.17, 15) is 13.6 Å². The third kappa shape index (κ3) is 1.13. The van der Waals surface area contributed by atoms with Gasteiger partial charge in [0.2, 0.25) is 5.95 Å². The first-order valence-corrected chi connectivity index (χ1v) is 2.60. The number of hydrogen-bond donors (Lipinski definition) is 1. The van der Waals surface area contributed by atoms with Crippen LogP contribution in [0.15, 0.2) is 4.79 Å². The minimum Gasteiger partial charge on any atom is -0.281 e. The van der Waals surface area contributed by atoms with Gasteiger partial charge in [-0.15, -0.1) is 0 Å². The first-order valence-electron chi connectivity index (χ1n) is 2.22. The van der Waals surface area contributed by atoms with Crippen LogP contribution in [0.5, 0.6) is 0 Å². The third-order valence-corrected chi connectivity index (χ3v) is 1.12. The van der Waals surface area contributed by atoms with Crippen LogP contribution in [-0.2, 0) is 0 Å². The highest BCUT2D eigenvalue weighted by molar-refractivity contribution is 6.30. The quantitative estimate of drug-likeness (QED) is 0.456. The van der Waals surface area contributed by atoms with Gasteiger partial charge in [-0.2, -0.15) is 13.8 Å². The molecule has 0 radical (unpaired) electrons. The minimum atomic E-state index is -1.30. The number of nitrogens with one attached hydrogen (secondary N) is 1. The summed E-state index contributed by atoms with van der Waals surface area (Å²) in [5.41, 5.74) is -1.02. The van der Waals surface area contributed by atoms with Gasteiger partial charge in [-0.25, -0.2) is 0 Å². The molecule has 0 aromatic carbocycles. The minimum absolute atomic E-state index is 0.735. The SMILES string of the molecule is O=c1[nH]c(F)nc(F)c1Cl. The molecular weight excluding hydrogens is 166 g/mol. The Morgan fingerprint density at radius 2 is 2.10 bits per heavy atom. The molecule has 0 aliphatic carbocycles. The molecule has 0 saturated heterocycles. The number of aromatic nitrogens is 2. The van der Waals surface area contributed by atoms with E-state index >= 15 is 0 Å². The third-order valence-electron chi connectivity index (χ3n) is 0.793. The van der Waals surface area contributed by atoms with E-state index in [1.54, 1.807) is 4.98 Å². The smallest absolute Gasteiger partial charge is 0.281 e. The fourth-order valence-electron chi connectivity index (χ4n) is 0.405. The van der Waals surface area contributed by atoms with E-state index < -0.39 is 22.6 Å². The van der Waals surface area contributed by atoms with E-state index in [-0.39, 0.29) is 0 Å². The number of hydrogen-bond acceptors (Lipinski definition) is 2. The lowest BCUT2D eigenvalue weighted by Crippen LogP contribution is -2.12. The molecule has 0 bridgehead atoms. The maximum atomic E-state index is 12.1. The van der Waals surface area contributed by atoms with Crippen LogP contribution >= 0.6 is 11.6 Å². The van der Waals surface area contributed by atoms with Gasteiger partial charge in [-0.3, -0.25) is 9.78 Å². The zero-order valence-corrected chi connectivity index (χ0v) is 5.25. The maximum absolute atomic E-state index is 12.1. The summed E-state index contributed by atoms with van der Waals surface area (Å²) in [4.78, 5) is 14.5. The van der Waals surface area contributed by atoms with Gasteiger partial charge in [-0.05, 0) is 0 Å². The van der Waals surface area contributed by atoms with Gasteiger partial charge in [-0.1, -0.05) is 11.6 Å². The van der Waals surface area contributed by atoms with E-state index in [2.05, 4.69) is 4.98 Å². The highest BCUT2D eigenvalue weighted by atomic mass is 35.5. The van der Waals surface area contributed by atoms with Gasteiger partial charge in [0.25, 0.3) is 11.6 Å². The molecule has 1 N–H and O–H groups in total. The van der Waals surface area contributed by atoms with Crippen LogP contribution in [0.3, 0.4) is 0 Å². The van der Waals surface area contributed by atoms with Crippen LogP contribution in [0.2, 0.25) is 5.02 Å². The molecule has 0 fully saturated rings. The summed E-state index contributed by atoms with van der Waals surface area (Å²) < 4.78 is 24.1. The van der Waals surface area contributed by atoms with Gasteiger partial charge < -0.3 is 0 Å². The topological polar surface area (TPSA) is 45.8 Å². The molecule has 0 aliphatic heterocycles. The maximum Gasteiger partial charge on any atom is 0.292 e. The van der Waals surface area contributed by atoms with E-state index in [1.807, 2.05) is 0 Å². The number of H-pyrrole nitrogens is 1. The Bertz CT molecular complexity index is 311. The van der Waals surface area contributed by atoms with Crippen LogP contribution < -0.4 is 5.56 Å². The summed E-state index contributed by atoms with van der Waals surface area (Å²) in [5.74, 6) is -1.30. The molecule has 0 unspecified atom stereocenters. The average Bonchev–Trinajstić information content (AvgIpc) is 1.82. The molecule has 6 heteroatoms. The molecule has 1 aromatic rings. The van der Waals surface area contributed by atoms with E-state index in [4.69, 9.17) is 11.6 Å². The van der Waals surface area contributed by atoms with Crippen molar-refractivity contribution in [3.05, 3.63) is 27.4 Å². The number of aromatic amines is 1. The fraction of sp³-hybridized carbons (Fsp3) is 0. The zero-order valence-electron chi connectivity index (χ0n) is 4.49. The van der Waals surface area contributed by atoms with Crippen molar-refractivity contribution in [1.29, 1.82) is 0 Å². The molecule has 1 aromatic heterocycles. The lowest BCUT2D eigenvalue weighted by atomic mass is 10.6. The monoisotopic (exact) mass is 166 g/mol. The van der Waals surface area contributed by atoms with Crippen LogP contribution in [0, 0.1) is 12.0 Å². The van der Waals surface area contributed by atoms with Crippen molar-refractivity contribution in [2.24, 2.45) is 0 Å². The van der Waals surface area contributed by atoms with Crippen LogP contribution in [0.25, 0.3) is 0 Å². The van der Waals surface area contributed by atoms with Crippen LogP contribution in [0.4, 0.5) is 8.78 Å². The summed E-state index contributed by atoms with van der Waals surface area (Å²) in [7, 11) is 0. The standard InChI is InChI=1S/C4HClF2N2O/c5-1-2(6)8-4(7)9-3(1)10/h(H,8,9,10). The summed E-state index contributed by atoms with van der Waals surface area (Å²) >= 11 is 5.00. The van der Waals surface area contributed by atoms with Gasteiger partial charge in [0.1, 0.15) is 0 Å². The highest BCUT2D eigenvalue weighted by Gasteiger charge is 2.06. The number of halogens is 3. The lowest BCUT2D eigenvalue weighted by Gasteiger charge is -1.89. The molecular formula is C4HClF2N2O. The summed E-state index contributed by atoms with van der Waals surface area (Å²) in [5, 5.41) is -0.735. The van der Waals surface area contributed by atoms with E-state index in [0.29, 0.717) is 0 Å². The molecule has 0 atom stereocenters. The largest absolute Gasteiger partial charge is 0.292 e. The van der Waals surface area contributed by atoms with E-state index in [0.717, 1.165) is 0 Å². The Morgan fingerprint density at radius 3 is 2.60 bits per heavy atom. The number of nitrogens with zero attached hydrogens (tertiary/aromatic N) is 1. The molecule has 54 valence electrons. The first kappa shape index (κ1) is 7.14. The molecule has 0 aliphatic rings. The summed E-state index contributed by atoms with van der Waals surface area (Å²) in [6, 6.07) is 0. The molecule has 0 spiro atoms. The summed E-state index contributed by atoms with van der Waals surface area (Å²) in [6.45, 7) is 0. The first-order chi connectivity index (χ1) is 4.61. The lowest BCUT2D eigenvalue weighted by molar-refractivity contribution is 0.478. The molecule has 1 rings (SSSR count). The van der Waals surface area contributed by atoms with Crippen molar-refractivity contribution in [3.63, 3.8) is 0 Å². The molecule has 0 saturated carbocycles. The van der Waals surface area contributed by atoms with Gasteiger partial charge in [0, 0.05) is 0 Å². The second-order valence-electron chi connectivity index (χ2n) is 1.46. The van der Waals surface area contributed by atoms with Crippen molar-refractivity contribution in [1.82, 2.24) is 9.97 Å². The fourth-order valence-corrected chi connectivity index (χ4v) is 0.495. The predicted molar refractivity (Wildman–Crippen MR) is 29.8 cm³/mol. The average molecular weight is 167 g/mol. The summed E-state index contributed by atoms with van der Waals surface area (Å²) in [6.07, 6.45) is -1.29. The van der Waals surface area contributed by atoms with E-state index in [1.165, 1.54) is 0 Å². The molecule has 0 amide bonds. The Kier molecular flexibility index (Phi) is 1.67. The molecule has 10 heavy (non-hydrogen) atoms. The Labute approximate surface area is 58.7 Å². The van der Waals surface area contributed by atoms with Gasteiger partial charge in [0.05, 0.1) is 0 Å². The predicted octanol–water partition coefficient (Wildman–Crippen LogP) is 0.702. The van der Waals surface area contributed by atoms with Crippen molar-refractivity contribution in [2.75, 3.05) is 0 Å². The normalized spacial score (nSPS) is 9.90. The van der Waals surface area contributed by atoms with Gasteiger partial charge >= 0.3 is 0 Å². The van der Waals surface area contributed by atoms with Crippen molar-refractivity contribution >= 4 is 11.6 Å². The molecule has 3 nitrogen and oxygen atoms in total. The molecule has 1 heterocycles. The zero-order chi connectivity index (χ0) is 7.72. The Balaban J connectivity index is 3.46. The van der Waals surface area contributed by atoms with Gasteiger partial charge in [0.15, 0.2) is 5.02 Å². The highest BCUT2D eigenvalue weighted by Crippen LogP contribution is 2.03. The van der Waals surface area contributed by atoms with Crippen molar-refractivity contribution < 1.29 is 8.78 Å². The van der Waals surface area contributed by atoms with Crippen LogP contribution in [-0.4, -0.2) is 9.97 Å². The van der Waals surface area contributed by atoms with Crippen molar-refractivity contribution in [3.8, 4) is 0 Å². The second kappa shape index (κ2) is 2.34. The Hall–Kier alpha value is -0.970. The second-order valence-corrected chi connectivity index (χ2v) is 1.84. The number of rotatable bonds is 0.